The van der Waals surface area contributed by atoms with E-state index in [4.69, 9.17) is 4.74 Å². The fraction of sp³-hybridized carbons (Fsp3) is 0.500. The number of amides is 1. The molecule has 0 unspecified atom stereocenters. The minimum Gasteiger partial charge on any atom is -0.481 e. The first-order valence-electron chi connectivity index (χ1n) is 9.78. The van der Waals surface area contributed by atoms with Crippen LogP contribution in [0.2, 0.25) is 0 Å². The number of hydrogen-bond acceptors (Lipinski definition) is 5. The summed E-state index contributed by atoms with van der Waals surface area (Å²) in [6.07, 6.45) is 5.41. The molecule has 1 aliphatic heterocycles. The second-order valence-electron chi connectivity index (χ2n) is 7.71. The fourth-order valence-corrected chi connectivity index (χ4v) is 6.04. The molecule has 0 spiro atoms. The number of sulfonamides is 1. The number of rotatable bonds is 5. The average Bonchev–Trinajstić information content (AvgIpc) is 2.74. The summed E-state index contributed by atoms with van der Waals surface area (Å²) >= 11 is 0. The first-order valence-corrected chi connectivity index (χ1v) is 11.2. The number of ether oxygens (including phenoxy) is 1. The van der Waals surface area contributed by atoms with Crippen molar-refractivity contribution in [1.82, 2.24) is 4.31 Å². The summed E-state index contributed by atoms with van der Waals surface area (Å²) in [7, 11) is -3.68. The van der Waals surface area contributed by atoms with Crippen molar-refractivity contribution in [3.63, 3.8) is 0 Å². The van der Waals surface area contributed by atoms with Gasteiger partial charge in [-0.3, -0.25) is 9.59 Å². The molecule has 2 fully saturated rings. The molecule has 0 aromatic heterocycles. The number of aliphatic carboxylic acids is 1. The number of fused-ring (bicyclic) bond motifs is 2. The van der Waals surface area contributed by atoms with Crippen LogP contribution >= 0.6 is 0 Å². The summed E-state index contributed by atoms with van der Waals surface area (Å²) in [5.74, 6) is -3.00. The Balaban J connectivity index is 1.54. The monoisotopic (exact) mass is 420 g/mol. The molecular weight excluding hydrogens is 396 g/mol. The van der Waals surface area contributed by atoms with Crippen molar-refractivity contribution in [3.05, 3.63) is 36.4 Å². The van der Waals surface area contributed by atoms with Crippen molar-refractivity contribution in [3.8, 4) is 0 Å². The van der Waals surface area contributed by atoms with Crippen molar-refractivity contribution >= 4 is 27.6 Å². The number of carboxylic acid groups (broad SMARTS) is 1. The quantitative estimate of drug-likeness (QED) is 0.699. The lowest BCUT2D eigenvalue weighted by Gasteiger charge is -2.41. The van der Waals surface area contributed by atoms with Gasteiger partial charge in [-0.15, -0.1) is 0 Å². The van der Waals surface area contributed by atoms with Gasteiger partial charge in [0, 0.05) is 18.8 Å². The second-order valence-corrected chi connectivity index (χ2v) is 9.65. The molecule has 1 amide bonds. The Morgan fingerprint density at radius 1 is 1.07 bits per heavy atom. The molecule has 9 heteroatoms. The second kappa shape index (κ2) is 7.89. The molecule has 2 N–H and O–H groups in total. The van der Waals surface area contributed by atoms with Crippen molar-refractivity contribution < 1.29 is 27.9 Å². The number of carbonyl (C=O) groups is 2. The molecule has 2 bridgehead atoms. The zero-order valence-electron chi connectivity index (χ0n) is 15.9. The summed E-state index contributed by atoms with van der Waals surface area (Å²) in [6, 6.07) is 6.11. The number of benzene rings is 1. The van der Waals surface area contributed by atoms with Crippen molar-refractivity contribution in [2.75, 3.05) is 31.6 Å². The van der Waals surface area contributed by atoms with E-state index in [2.05, 4.69) is 5.32 Å². The fourth-order valence-electron chi connectivity index (χ4n) is 4.58. The molecule has 1 aromatic carbocycles. The number of carboxylic acids is 1. The molecule has 5 rings (SSSR count). The number of hydrogen-bond donors (Lipinski definition) is 2. The number of morpholine rings is 1. The van der Waals surface area contributed by atoms with Gasteiger partial charge in [-0.2, -0.15) is 4.31 Å². The van der Waals surface area contributed by atoms with Crippen LogP contribution in [0.1, 0.15) is 12.8 Å². The smallest absolute Gasteiger partial charge is 0.307 e. The van der Waals surface area contributed by atoms with Crippen LogP contribution in [0, 0.1) is 23.7 Å². The van der Waals surface area contributed by atoms with E-state index in [1.165, 1.54) is 16.4 Å². The van der Waals surface area contributed by atoms with Gasteiger partial charge in [-0.25, -0.2) is 8.42 Å². The van der Waals surface area contributed by atoms with Gasteiger partial charge < -0.3 is 15.2 Å². The molecule has 156 valence electrons. The lowest BCUT2D eigenvalue weighted by atomic mass is 9.62. The minimum absolute atomic E-state index is 0.0945. The summed E-state index contributed by atoms with van der Waals surface area (Å²) in [5.41, 5.74) is 0.346. The Bertz CT molecular complexity index is 938. The number of nitrogens with zero attached hydrogens (tertiary/aromatic N) is 1. The van der Waals surface area contributed by atoms with E-state index in [9.17, 15) is 23.1 Å². The summed E-state index contributed by atoms with van der Waals surface area (Å²) < 4.78 is 32.3. The standard InChI is InChI=1S/C20H24N2O6S/c23-19(17-13-4-6-14(7-5-13)18(17)20(24)25)21-15-2-1-3-16(12-15)29(26,27)22-8-10-28-11-9-22/h1-4,6,12-14,17-18H,5,7-11H2,(H,21,23)(H,24,25)/t13-,14-,17+,18-/m0/s1. The van der Waals surface area contributed by atoms with Gasteiger partial charge in [0.1, 0.15) is 0 Å². The highest BCUT2D eigenvalue weighted by molar-refractivity contribution is 7.89. The predicted octanol–water partition coefficient (Wildman–Crippen LogP) is 1.56. The molecule has 1 heterocycles. The Kier molecular flexibility index (Phi) is 5.46. The zero-order valence-corrected chi connectivity index (χ0v) is 16.7. The van der Waals surface area contributed by atoms with E-state index in [0.29, 0.717) is 18.9 Å². The zero-order chi connectivity index (χ0) is 20.6. The van der Waals surface area contributed by atoms with Crippen molar-refractivity contribution in [2.24, 2.45) is 23.7 Å². The molecule has 4 aliphatic rings. The molecule has 3 aliphatic carbocycles. The summed E-state index contributed by atoms with van der Waals surface area (Å²) in [5, 5.41) is 12.4. The summed E-state index contributed by atoms with van der Waals surface area (Å²) in [4.78, 5) is 24.8. The highest BCUT2D eigenvalue weighted by Gasteiger charge is 2.48. The normalized spacial score (nSPS) is 29.5. The van der Waals surface area contributed by atoms with Gasteiger partial charge >= 0.3 is 5.97 Å². The molecule has 1 saturated carbocycles. The largest absolute Gasteiger partial charge is 0.481 e. The third-order valence-corrected chi connectivity index (χ3v) is 7.94. The molecular formula is C20H24N2O6S. The van der Waals surface area contributed by atoms with Gasteiger partial charge in [-0.05, 0) is 42.9 Å². The third-order valence-electron chi connectivity index (χ3n) is 6.05. The maximum atomic E-state index is 13.0. The van der Waals surface area contributed by atoms with E-state index >= 15 is 0 Å². The highest BCUT2D eigenvalue weighted by atomic mass is 32.2. The van der Waals surface area contributed by atoms with Crippen LogP contribution in [0.5, 0.6) is 0 Å². The maximum absolute atomic E-state index is 13.0. The van der Waals surface area contributed by atoms with Crippen LogP contribution in [0.4, 0.5) is 5.69 Å². The molecule has 1 aromatic rings. The highest BCUT2D eigenvalue weighted by Crippen LogP contribution is 2.45. The van der Waals surface area contributed by atoms with Crippen LogP contribution in [0.15, 0.2) is 41.3 Å². The van der Waals surface area contributed by atoms with Crippen LogP contribution in [-0.2, 0) is 24.3 Å². The van der Waals surface area contributed by atoms with Crippen molar-refractivity contribution in [1.29, 1.82) is 0 Å². The first-order chi connectivity index (χ1) is 13.9. The van der Waals surface area contributed by atoms with Crippen molar-refractivity contribution in [2.45, 2.75) is 17.7 Å². The number of anilines is 1. The van der Waals surface area contributed by atoms with Crippen LogP contribution < -0.4 is 5.32 Å². The van der Waals surface area contributed by atoms with Gasteiger partial charge in [-0.1, -0.05) is 18.2 Å². The van der Waals surface area contributed by atoms with E-state index in [0.717, 1.165) is 12.8 Å². The Morgan fingerprint density at radius 2 is 1.72 bits per heavy atom. The molecule has 29 heavy (non-hydrogen) atoms. The number of allylic oxidation sites excluding steroid dienone is 2. The molecule has 4 atom stereocenters. The average molecular weight is 420 g/mol. The van der Waals surface area contributed by atoms with Crippen LogP contribution in [0.3, 0.4) is 0 Å². The lowest BCUT2D eigenvalue weighted by molar-refractivity contribution is -0.151. The topological polar surface area (TPSA) is 113 Å². The SMILES string of the molecule is O=C(O)[C@@H]1[C@H](C(=O)Nc2cccc(S(=O)(=O)N3CCOCC3)c2)[C@H]2C=C[C@H]1CC2. The first kappa shape index (κ1) is 20.1. The van der Waals surface area contributed by atoms with Crippen LogP contribution in [-0.4, -0.2) is 56.0 Å². The van der Waals surface area contributed by atoms with E-state index in [1.807, 2.05) is 12.2 Å². The van der Waals surface area contributed by atoms with E-state index in [1.54, 1.807) is 12.1 Å². The van der Waals surface area contributed by atoms with E-state index in [-0.39, 0.29) is 35.7 Å². The molecule has 1 saturated heterocycles. The van der Waals surface area contributed by atoms with Gasteiger partial charge in [0.25, 0.3) is 0 Å². The van der Waals surface area contributed by atoms with Crippen LogP contribution in [0.25, 0.3) is 0 Å². The van der Waals surface area contributed by atoms with Gasteiger partial charge in [0.15, 0.2) is 0 Å². The maximum Gasteiger partial charge on any atom is 0.307 e. The lowest BCUT2D eigenvalue weighted by Crippen LogP contribution is -2.47. The summed E-state index contributed by atoms with van der Waals surface area (Å²) in [6.45, 7) is 1.28. The number of nitrogens with one attached hydrogen (secondary N) is 1. The predicted molar refractivity (Wildman–Crippen MR) is 105 cm³/mol. The Morgan fingerprint density at radius 3 is 2.34 bits per heavy atom. The Labute approximate surface area is 169 Å². The van der Waals surface area contributed by atoms with Gasteiger partial charge in [0.05, 0.1) is 29.9 Å². The number of carbonyl (C=O) groups excluding carboxylic acids is 1. The molecule has 0 radical (unpaired) electrons. The minimum atomic E-state index is -3.68. The third kappa shape index (κ3) is 3.82. The molecule has 8 nitrogen and oxygen atoms in total. The van der Waals surface area contributed by atoms with Gasteiger partial charge in [0.2, 0.25) is 15.9 Å². The Hall–Kier alpha value is -2.23. The van der Waals surface area contributed by atoms with E-state index < -0.39 is 27.8 Å².